The van der Waals surface area contributed by atoms with Gasteiger partial charge in [0.2, 0.25) is 0 Å². The molecule has 1 aromatic rings. The summed E-state index contributed by atoms with van der Waals surface area (Å²) in [6.45, 7) is 5.64. The van der Waals surface area contributed by atoms with Crippen molar-refractivity contribution >= 4 is 0 Å². The van der Waals surface area contributed by atoms with Crippen molar-refractivity contribution in [2.75, 3.05) is 0 Å². The van der Waals surface area contributed by atoms with E-state index in [2.05, 4.69) is 42.9 Å². The van der Waals surface area contributed by atoms with Crippen LogP contribution >= 0.6 is 0 Å². The summed E-state index contributed by atoms with van der Waals surface area (Å²) in [5, 5.41) is 0. The first kappa shape index (κ1) is 21.2. The maximum absolute atomic E-state index is 2.33. The lowest BCUT2D eigenvalue weighted by molar-refractivity contribution is -0.697. The molecular weight excluding hydrogens is 290 g/mol. The van der Waals surface area contributed by atoms with Crippen molar-refractivity contribution in [1.29, 1.82) is 0 Å². The molecule has 0 radical (unpaired) electrons. The van der Waals surface area contributed by atoms with Gasteiger partial charge in [0.25, 0.3) is 0 Å². The second-order valence-corrected chi connectivity index (χ2v) is 7.57. The first-order valence-electron chi connectivity index (χ1n) is 10.8. The van der Waals surface area contributed by atoms with E-state index in [1.54, 1.807) is 0 Å². The number of aryl methyl sites for hydroxylation is 2. The molecule has 0 aromatic carbocycles. The van der Waals surface area contributed by atoms with Crippen LogP contribution in [0.1, 0.15) is 109 Å². The standard InChI is InChI=1S/C23H42N/c1-3-4-5-6-7-8-9-10-11-12-13-14-15-16-17-20-24-21-18-19-23(2)22-24/h18-19,21-22H,3-17,20H2,1-2H3/q+1. The zero-order valence-electron chi connectivity index (χ0n) is 16.6. The molecule has 0 aliphatic heterocycles. The van der Waals surface area contributed by atoms with Gasteiger partial charge in [-0.15, -0.1) is 0 Å². The van der Waals surface area contributed by atoms with E-state index in [9.17, 15) is 0 Å². The molecule has 24 heavy (non-hydrogen) atoms. The highest BCUT2D eigenvalue weighted by molar-refractivity contribution is 5.01. The summed E-state index contributed by atoms with van der Waals surface area (Å²) in [6.07, 6.45) is 26.0. The third-order valence-electron chi connectivity index (χ3n) is 5.03. The molecule has 1 heterocycles. The Balaban J connectivity index is 1.76. The lowest BCUT2D eigenvalue weighted by Gasteiger charge is -2.03. The van der Waals surface area contributed by atoms with Crippen LogP contribution in [0.25, 0.3) is 0 Å². The van der Waals surface area contributed by atoms with Gasteiger partial charge in [-0.3, -0.25) is 0 Å². The van der Waals surface area contributed by atoms with Gasteiger partial charge in [0.05, 0.1) is 0 Å². The topological polar surface area (TPSA) is 3.88 Å². The number of hydrogen-bond donors (Lipinski definition) is 0. The van der Waals surface area contributed by atoms with Crippen LogP contribution in [0, 0.1) is 6.92 Å². The van der Waals surface area contributed by atoms with Gasteiger partial charge in [-0.25, -0.2) is 4.57 Å². The zero-order chi connectivity index (χ0) is 17.3. The number of nitrogens with zero attached hydrogens (tertiary/aromatic N) is 1. The van der Waals surface area contributed by atoms with Crippen LogP contribution in [0.4, 0.5) is 0 Å². The van der Waals surface area contributed by atoms with Gasteiger partial charge < -0.3 is 0 Å². The maximum Gasteiger partial charge on any atom is 0.171 e. The molecule has 0 spiro atoms. The molecule has 0 unspecified atom stereocenters. The van der Waals surface area contributed by atoms with E-state index in [1.807, 2.05) is 0 Å². The molecule has 0 N–H and O–H groups in total. The van der Waals surface area contributed by atoms with Crippen molar-refractivity contribution in [3.8, 4) is 0 Å². The minimum absolute atomic E-state index is 1.18. The van der Waals surface area contributed by atoms with Gasteiger partial charge in [-0.2, -0.15) is 0 Å². The molecule has 0 fully saturated rings. The third kappa shape index (κ3) is 12.6. The Morgan fingerprint density at radius 1 is 0.667 bits per heavy atom. The molecule has 1 rings (SSSR count). The van der Waals surface area contributed by atoms with E-state index >= 15 is 0 Å². The van der Waals surface area contributed by atoms with Crippen LogP contribution in [-0.2, 0) is 6.54 Å². The number of rotatable bonds is 16. The maximum atomic E-state index is 2.33. The molecule has 0 aliphatic carbocycles. The fourth-order valence-electron chi connectivity index (χ4n) is 3.46. The second-order valence-electron chi connectivity index (χ2n) is 7.57. The highest BCUT2D eigenvalue weighted by atomic mass is 14.9. The zero-order valence-corrected chi connectivity index (χ0v) is 16.6. The van der Waals surface area contributed by atoms with Crippen LogP contribution in [0.3, 0.4) is 0 Å². The van der Waals surface area contributed by atoms with E-state index < -0.39 is 0 Å². The Labute approximate surface area is 151 Å². The molecule has 1 aromatic heterocycles. The van der Waals surface area contributed by atoms with Crippen LogP contribution in [0.15, 0.2) is 24.5 Å². The molecule has 0 atom stereocenters. The minimum atomic E-state index is 1.18. The van der Waals surface area contributed by atoms with Crippen molar-refractivity contribution in [1.82, 2.24) is 0 Å². The average Bonchev–Trinajstić information content (AvgIpc) is 2.58. The molecule has 0 saturated heterocycles. The highest BCUT2D eigenvalue weighted by Gasteiger charge is 2.00. The minimum Gasteiger partial charge on any atom is -0.205 e. The van der Waals surface area contributed by atoms with Crippen molar-refractivity contribution in [3.05, 3.63) is 30.1 Å². The van der Waals surface area contributed by atoms with Crippen molar-refractivity contribution in [2.45, 2.75) is 117 Å². The van der Waals surface area contributed by atoms with E-state index in [-0.39, 0.29) is 0 Å². The summed E-state index contributed by atoms with van der Waals surface area (Å²) in [5.41, 5.74) is 1.36. The largest absolute Gasteiger partial charge is 0.205 e. The summed E-state index contributed by atoms with van der Waals surface area (Å²) in [5.74, 6) is 0. The van der Waals surface area contributed by atoms with E-state index in [4.69, 9.17) is 0 Å². The summed E-state index contributed by atoms with van der Waals surface area (Å²) in [6, 6.07) is 4.32. The molecule has 0 aliphatic rings. The molecule has 1 heteroatoms. The van der Waals surface area contributed by atoms with E-state index in [1.165, 1.54) is 108 Å². The summed E-state index contributed by atoms with van der Waals surface area (Å²) >= 11 is 0. The van der Waals surface area contributed by atoms with Gasteiger partial charge >= 0.3 is 0 Å². The fraction of sp³-hybridized carbons (Fsp3) is 0.783. The van der Waals surface area contributed by atoms with E-state index in [0.29, 0.717) is 0 Å². The number of hydrogen-bond acceptors (Lipinski definition) is 0. The van der Waals surface area contributed by atoms with Crippen LogP contribution in [0.2, 0.25) is 0 Å². The fourth-order valence-corrected chi connectivity index (χ4v) is 3.46. The van der Waals surface area contributed by atoms with Gasteiger partial charge in [-0.1, -0.05) is 90.4 Å². The molecular formula is C23H42N+. The van der Waals surface area contributed by atoms with Crippen molar-refractivity contribution < 1.29 is 4.57 Å². The SMILES string of the molecule is CCCCCCCCCCCCCCCCC[n+]1cccc(C)c1. The van der Waals surface area contributed by atoms with Gasteiger partial charge in [0.15, 0.2) is 12.4 Å². The Morgan fingerprint density at radius 3 is 1.58 bits per heavy atom. The quantitative estimate of drug-likeness (QED) is 0.223. The van der Waals surface area contributed by atoms with Crippen molar-refractivity contribution in [3.63, 3.8) is 0 Å². The Bertz CT molecular complexity index is 385. The smallest absolute Gasteiger partial charge is 0.171 e. The molecule has 138 valence electrons. The normalized spacial score (nSPS) is 11.1. The second kappa shape index (κ2) is 15.7. The van der Waals surface area contributed by atoms with Crippen molar-refractivity contribution in [2.24, 2.45) is 0 Å². The van der Waals surface area contributed by atoms with Gasteiger partial charge in [0, 0.05) is 18.1 Å². The van der Waals surface area contributed by atoms with Crippen LogP contribution in [-0.4, -0.2) is 0 Å². The number of aromatic nitrogens is 1. The Kier molecular flexibility index (Phi) is 13.8. The monoisotopic (exact) mass is 332 g/mol. The predicted octanol–water partition coefficient (Wildman–Crippen LogP) is 7.15. The van der Waals surface area contributed by atoms with E-state index in [0.717, 1.165) is 0 Å². The lowest BCUT2D eigenvalue weighted by Crippen LogP contribution is -2.32. The first-order valence-corrected chi connectivity index (χ1v) is 10.8. The van der Waals surface area contributed by atoms with Gasteiger partial charge in [0.1, 0.15) is 6.54 Å². The Morgan fingerprint density at radius 2 is 1.12 bits per heavy atom. The Hall–Kier alpha value is -0.850. The highest BCUT2D eigenvalue weighted by Crippen LogP contribution is 2.13. The third-order valence-corrected chi connectivity index (χ3v) is 5.03. The molecule has 1 nitrogen and oxygen atoms in total. The van der Waals surface area contributed by atoms with Crippen LogP contribution < -0.4 is 4.57 Å². The lowest BCUT2D eigenvalue weighted by atomic mass is 10.0. The molecule has 0 amide bonds. The summed E-state index contributed by atoms with van der Waals surface area (Å²) < 4.78 is 2.33. The molecule has 0 bridgehead atoms. The number of unbranched alkanes of at least 4 members (excludes halogenated alkanes) is 14. The van der Waals surface area contributed by atoms with Crippen LogP contribution in [0.5, 0.6) is 0 Å². The molecule has 0 saturated carbocycles. The first-order chi connectivity index (χ1) is 11.8. The predicted molar refractivity (Wildman–Crippen MR) is 106 cm³/mol. The van der Waals surface area contributed by atoms with Gasteiger partial charge in [-0.05, 0) is 19.4 Å². The number of pyridine rings is 1. The summed E-state index contributed by atoms with van der Waals surface area (Å²) in [7, 11) is 0. The summed E-state index contributed by atoms with van der Waals surface area (Å²) in [4.78, 5) is 0. The average molecular weight is 333 g/mol.